The van der Waals surface area contributed by atoms with Crippen LogP contribution in [0, 0.1) is 3.57 Å². The molecule has 0 fully saturated rings. The highest BCUT2D eigenvalue weighted by Gasteiger charge is 2.10. The molecule has 0 atom stereocenters. The highest BCUT2D eigenvalue weighted by molar-refractivity contribution is 14.1. The predicted molar refractivity (Wildman–Crippen MR) is 93.1 cm³/mol. The Morgan fingerprint density at radius 1 is 1.33 bits per heavy atom. The molecule has 0 saturated heterocycles. The molecule has 0 amide bonds. The van der Waals surface area contributed by atoms with E-state index < -0.39 is 0 Å². The summed E-state index contributed by atoms with van der Waals surface area (Å²) in [6.07, 6.45) is 1.59. The minimum atomic E-state index is -0.296. The topological polar surface area (TPSA) is 53.2 Å². The van der Waals surface area contributed by atoms with E-state index in [0.717, 1.165) is 10.0 Å². The van der Waals surface area contributed by atoms with Gasteiger partial charge in [0.25, 0.3) is 5.56 Å². The van der Waals surface area contributed by atoms with Crippen molar-refractivity contribution in [2.45, 2.75) is 20.0 Å². The maximum Gasteiger partial charge on any atom is 0.331 e. The van der Waals surface area contributed by atoms with E-state index in [1.54, 1.807) is 19.4 Å². The first-order chi connectivity index (χ1) is 9.97. The van der Waals surface area contributed by atoms with Gasteiger partial charge in [0.15, 0.2) is 0 Å². The maximum absolute atomic E-state index is 12.3. The number of nitrogens with zero attached hydrogens (tertiary/aromatic N) is 2. The van der Waals surface area contributed by atoms with Gasteiger partial charge in [0.05, 0.1) is 21.7 Å². The van der Waals surface area contributed by atoms with Gasteiger partial charge in [-0.1, -0.05) is 6.07 Å². The van der Waals surface area contributed by atoms with Crippen LogP contribution in [-0.4, -0.2) is 16.2 Å². The van der Waals surface area contributed by atoms with Crippen LogP contribution in [-0.2, 0) is 13.1 Å². The number of halogens is 2. The molecule has 0 radical (unpaired) electrons. The number of rotatable bonds is 4. The average molecular weight is 465 g/mol. The molecule has 0 bridgehead atoms. The molecule has 0 aliphatic carbocycles. The van der Waals surface area contributed by atoms with Crippen molar-refractivity contribution in [2.24, 2.45) is 0 Å². The van der Waals surface area contributed by atoms with E-state index in [1.807, 2.05) is 41.6 Å². The Kier molecular flexibility index (Phi) is 5.26. The summed E-state index contributed by atoms with van der Waals surface area (Å²) < 4.78 is 9.27. The number of hydrogen-bond donors (Lipinski definition) is 0. The number of hydrogen-bond acceptors (Lipinski definition) is 3. The van der Waals surface area contributed by atoms with Gasteiger partial charge in [-0.3, -0.25) is 13.9 Å². The molecule has 1 aromatic carbocycles. The van der Waals surface area contributed by atoms with Crippen molar-refractivity contribution < 1.29 is 4.74 Å². The Labute approximate surface area is 143 Å². The molecular formula is C14H14BrIN2O3. The Morgan fingerprint density at radius 3 is 2.62 bits per heavy atom. The smallest absolute Gasteiger partial charge is 0.331 e. The van der Waals surface area contributed by atoms with Crippen LogP contribution < -0.4 is 16.0 Å². The maximum atomic E-state index is 12.3. The largest absolute Gasteiger partial charge is 0.496 e. The number of aromatic nitrogens is 2. The normalized spacial score (nSPS) is 10.7. The quantitative estimate of drug-likeness (QED) is 0.653. The molecule has 0 unspecified atom stereocenters. The lowest BCUT2D eigenvalue weighted by atomic mass is 10.2. The van der Waals surface area contributed by atoms with Gasteiger partial charge in [-0.2, -0.15) is 0 Å². The minimum absolute atomic E-state index is 0.233. The molecule has 0 aliphatic heterocycles. The molecular weight excluding hydrogens is 451 g/mol. The zero-order valence-electron chi connectivity index (χ0n) is 11.6. The Hall–Kier alpha value is -1.09. The van der Waals surface area contributed by atoms with E-state index in [0.29, 0.717) is 15.9 Å². The van der Waals surface area contributed by atoms with Crippen molar-refractivity contribution >= 4 is 38.5 Å². The molecule has 0 aliphatic rings. The van der Waals surface area contributed by atoms with E-state index in [-0.39, 0.29) is 17.8 Å². The average Bonchev–Trinajstić information content (AvgIpc) is 2.47. The summed E-state index contributed by atoms with van der Waals surface area (Å²) in [6, 6.07) is 5.49. The Morgan fingerprint density at radius 2 is 2.05 bits per heavy atom. The van der Waals surface area contributed by atoms with E-state index in [9.17, 15) is 9.59 Å². The fraction of sp³-hybridized carbons (Fsp3) is 0.286. The van der Waals surface area contributed by atoms with Gasteiger partial charge in [0.2, 0.25) is 0 Å². The first-order valence-electron chi connectivity index (χ1n) is 6.30. The molecule has 0 N–H and O–H groups in total. The third kappa shape index (κ3) is 3.39. The van der Waals surface area contributed by atoms with E-state index in [2.05, 4.69) is 15.9 Å². The lowest BCUT2D eigenvalue weighted by Gasteiger charge is -2.11. The second-order valence-electron chi connectivity index (χ2n) is 4.41. The van der Waals surface area contributed by atoms with Gasteiger partial charge in [-0.05, 0) is 63.1 Å². The standard InChI is InChI=1S/C14H14BrIN2O3/c1-3-17-8-11(16)13(19)18(14(17)20)7-9-4-5-12(21-2)10(15)6-9/h4-6,8H,3,7H2,1-2H3. The van der Waals surface area contributed by atoms with Crippen LogP contribution in [0.2, 0.25) is 0 Å². The lowest BCUT2D eigenvalue weighted by molar-refractivity contribution is 0.412. The first kappa shape index (κ1) is 16.3. The second kappa shape index (κ2) is 6.78. The van der Waals surface area contributed by atoms with Crippen LogP contribution in [0.3, 0.4) is 0 Å². The van der Waals surface area contributed by atoms with Crippen molar-refractivity contribution in [3.8, 4) is 5.75 Å². The summed E-state index contributed by atoms with van der Waals surface area (Å²) >= 11 is 5.36. The van der Waals surface area contributed by atoms with E-state index >= 15 is 0 Å². The Bertz CT molecular complexity index is 783. The van der Waals surface area contributed by atoms with Crippen LogP contribution in [0.1, 0.15) is 12.5 Å². The highest BCUT2D eigenvalue weighted by atomic mass is 127. The van der Waals surface area contributed by atoms with Gasteiger partial charge in [0, 0.05) is 12.7 Å². The molecule has 112 valence electrons. The van der Waals surface area contributed by atoms with Crippen molar-refractivity contribution in [3.63, 3.8) is 0 Å². The zero-order valence-corrected chi connectivity index (χ0v) is 15.3. The molecule has 2 aromatic rings. The highest BCUT2D eigenvalue weighted by Crippen LogP contribution is 2.25. The lowest BCUT2D eigenvalue weighted by Crippen LogP contribution is -2.40. The molecule has 7 heteroatoms. The zero-order chi connectivity index (χ0) is 15.6. The predicted octanol–water partition coefficient (Wildman–Crippen LogP) is 2.45. The van der Waals surface area contributed by atoms with Crippen molar-refractivity contribution in [2.75, 3.05) is 7.11 Å². The molecule has 0 saturated carbocycles. The van der Waals surface area contributed by atoms with E-state index in [4.69, 9.17) is 4.74 Å². The summed E-state index contributed by atoms with van der Waals surface area (Å²) in [5, 5.41) is 0. The molecule has 5 nitrogen and oxygen atoms in total. The number of aryl methyl sites for hydroxylation is 1. The minimum Gasteiger partial charge on any atom is -0.496 e. The van der Waals surface area contributed by atoms with Crippen molar-refractivity contribution in [3.05, 3.63) is 58.8 Å². The van der Waals surface area contributed by atoms with Crippen LogP contribution >= 0.6 is 38.5 Å². The number of benzene rings is 1. The SMILES string of the molecule is CCn1cc(I)c(=O)n(Cc2ccc(OC)c(Br)c2)c1=O. The van der Waals surface area contributed by atoms with Gasteiger partial charge >= 0.3 is 5.69 Å². The molecule has 2 rings (SSSR count). The first-order valence-corrected chi connectivity index (χ1v) is 8.17. The molecule has 21 heavy (non-hydrogen) atoms. The summed E-state index contributed by atoms with van der Waals surface area (Å²) in [6.45, 7) is 2.63. The molecule has 0 spiro atoms. The summed E-state index contributed by atoms with van der Waals surface area (Å²) in [4.78, 5) is 24.4. The number of methoxy groups -OCH3 is 1. The second-order valence-corrected chi connectivity index (χ2v) is 6.42. The summed E-state index contributed by atoms with van der Waals surface area (Å²) in [7, 11) is 1.59. The van der Waals surface area contributed by atoms with Crippen LogP contribution in [0.4, 0.5) is 0 Å². The van der Waals surface area contributed by atoms with Crippen molar-refractivity contribution in [1.82, 2.24) is 9.13 Å². The van der Waals surface area contributed by atoms with E-state index in [1.165, 1.54) is 9.13 Å². The van der Waals surface area contributed by atoms with Gasteiger partial charge in [0.1, 0.15) is 5.75 Å². The Balaban J connectivity index is 2.49. The third-order valence-electron chi connectivity index (χ3n) is 3.09. The fourth-order valence-electron chi connectivity index (χ4n) is 1.97. The van der Waals surface area contributed by atoms with Gasteiger partial charge in [-0.15, -0.1) is 0 Å². The van der Waals surface area contributed by atoms with Crippen LogP contribution in [0.15, 0.2) is 38.5 Å². The molecule has 1 aromatic heterocycles. The van der Waals surface area contributed by atoms with Gasteiger partial charge in [-0.25, -0.2) is 4.79 Å². The summed E-state index contributed by atoms with van der Waals surface area (Å²) in [5.74, 6) is 0.708. The van der Waals surface area contributed by atoms with Crippen molar-refractivity contribution in [1.29, 1.82) is 0 Å². The summed E-state index contributed by atoms with van der Waals surface area (Å²) in [5.41, 5.74) is 0.290. The number of ether oxygens (including phenoxy) is 1. The fourth-order valence-corrected chi connectivity index (χ4v) is 3.19. The molecule has 1 heterocycles. The monoisotopic (exact) mass is 464 g/mol. The third-order valence-corrected chi connectivity index (χ3v) is 4.45. The van der Waals surface area contributed by atoms with Crippen LogP contribution in [0.5, 0.6) is 5.75 Å². The van der Waals surface area contributed by atoms with Gasteiger partial charge < -0.3 is 4.74 Å². The van der Waals surface area contributed by atoms with Crippen LogP contribution in [0.25, 0.3) is 0 Å².